The smallest absolute Gasteiger partial charge is 0.0618 e. The van der Waals surface area contributed by atoms with Gasteiger partial charge in [0.15, 0.2) is 0 Å². The van der Waals surface area contributed by atoms with Crippen LogP contribution in [0.4, 0.5) is 0 Å². The van der Waals surface area contributed by atoms with Crippen LogP contribution in [-0.4, -0.2) is 0 Å². The summed E-state index contributed by atoms with van der Waals surface area (Å²) in [6, 6.07) is 1.93. The molecular weight excluding hydrogens is 98.1 g/mol. The van der Waals surface area contributed by atoms with Crippen molar-refractivity contribution in [2.24, 2.45) is 0 Å². The molecule has 0 atom stereocenters. The van der Waals surface area contributed by atoms with Gasteiger partial charge in [-0.2, -0.15) is 5.26 Å². The first kappa shape index (κ1) is 10.1. The average molecular weight is 109 g/mol. The van der Waals surface area contributed by atoms with E-state index in [2.05, 4.69) is 13.2 Å². The quantitative estimate of drug-likeness (QED) is 0.474. The van der Waals surface area contributed by atoms with Gasteiger partial charge in [-0.1, -0.05) is 32.2 Å². The Balaban J connectivity index is 0. The molecule has 0 saturated carbocycles. The zero-order chi connectivity index (χ0) is 6.83. The van der Waals surface area contributed by atoms with Crippen molar-refractivity contribution in [3.63, 3.8) is 0 Å². The van der Waals surface area contributed by atoms with Gasteiger partial charge in [-0.05, 0) is 0 Å². The summed E-state index contributed by atoms with van der Waals surface area (Å²) in [6.07, 6.45) is 3.90. The molecule has 0 aliphatic rings. The Morgan fingerprint density at radius 2 is 1.75 bits per heavy atom. The first-order chi connectivity index (χ1) is 3.83. The molecule has 0 radical (unpaired) electrons. The van der Waals surface area contributed by atoms with Gasteiger partial charge in [-0.3, -0.25) is 0 Å². The second-order valence-corrected chi connectivity index (χ2v) is 0.983. The summed E-state index contributed by atoms with van der Waals surface area (Å²) in [6.45, 7) is 8.54. The van der Waals surface area contributed by atoms with Crippen molar-refractivity contribution in [3.8, 4) is 6.07 Å². The second-order valence-electron chi connectivity index (χ2n) is 0.983. The lowest BCUT2D eigenvalue weighted by Crippen LogP contribution is -1.38. The van der Waals surface area contributed by atoms with Gasteiger partial charge >= 0.3 is 0 Å². The van der Waals surface area contributed by atoms with Crippen molar-refractivity contribution in [1.29, 1.82) is 5.26 Å². The Hall–Kier alpha value is -1.03. The maximum atomic E-state index is 7.62. The monoisotopic (exact) mass is 109 g/mol. The van der Waals surface area contributed by atoms with Crippen LogP contribution in [0.1, 0.15) is 13.3 Å². The third kappa shape index (κ3) is 83.3. The molecule has 0 rings (SSSR count). The molecular formula is C7H11N. The fraction of sp³-hybridized carbons (Fsp3) is 0.286. The SMILES string of the molecule is C=CC=C.CCC#N. The molecule has 0 heterocycles. The summed E-state index contributed by atoms with van der Waals surface area (Å²) in [4.78, 5) is 0. The standard InChI is InChI=1S/C4H6.C3H5N/c1-3-4-2;1-2-3-4/h3-4H,1-2H2;2H2,1H3. The maximum absolute atomic E-state index is 7.62. The molecule has 8 heavy (non-hydrogen) atoms. The number of rotatable bonds is 1. The fourth-order valence-corrected chi connectivity index (χ4v) is 0. The van der Waals surface area contributed by atoms with Gasteiger partial charge in [-0.15, -0.1) is 0 Å². The first-order valence-corrected chi connectivity index (χ1v) is 2.43. The lowest BCUT2D eigenvalue weighted by molar-refractivity contribution is 1.22. The predicted molar refractivity (Wildman–Crippen MR) is 36.3 cm³/mol. The van der Waals surface area contributed by atoms with Crippen LogP contribution in [0.2, 0.25) is 0 Å². The number of hydrogen-bond donors (Lipinski definition) is 0. The molecule has 0 fully saturated rings. The lowest BCUT2D eigenvalue weighted by atomic mass is 10.6. The Morgan fingerprint density at radius 1 is 1.50 bits per heavy atom. The van der Waals surface area contributed by atoms with Crippen molar-refractivity contribution in [2.45, 2.75) is 13.3 Å². The predicted octanol–water partition coefficient (Wildman–Crippen LogP) is 2.28. The molecule has 1 nitrogen and oxygen atoms in total. The van der Waals surface area contributed by atoms with Crippen molar-refractivity contribution in [1.82, 2.24) is 0 Å². The number of allylic oxidation sites excluding steroid dienone is 2. The minimum absolute atomic E-state index is 0.625. The molecule has 0 bridgehead atoms. The molecule has 0 aliphatic heterocycles. The van der Waals surface area contributed by atoms with E-state index < -0.39 is 0 Å². The van der Waals surface area contributed by atoms with Crippen molar-refractivity contribution in [2.75, 3.05) is 0 Å². The van der Waals surface area contributed by atoms with Gasteiger partial charge in [0.2, 0.25) is 0 Å². The zero-order valence-corrected chi connectivity index (χ0v) is 5.22. The second kappa shape index (κ2) is 16.7. The Labute approximate surface area is 50.9 Å². The Bertz CT molecular complexity index is 81.1. The highest BCUT2D eigenvalue weighted by Gasteiger charge is 1.49. The Kier molecular flexibility index (Phi) is 21.0. The van der Waals surface area contributed by atoms with Crippen molar-refractivity contribution < 1.29 is 0 Å². The third-order valence-electron chi connectivity index (χ3n) is 0.325. The third-order valence-corrected chi connectivity index (χ3v) is 0.325. The van der Waals surface area contributed by atoms with Crippen molar-refractivity contribution >= 4 is 0 Å². The fourth-order valence-electron chi connectivity index (χ4n) is 0. The van der Waals surface area contributed by atoms with E-state index in [0.717, 1.165) is 0 Å². The minimum atomic E-state index is 0.625. The molecule has 1 heteroatoms. The molecule has 0 aliphatic carbocycles. The summed E-state index contributed by atoms with van der Waals surface area (Å²) in [5.74, 6) is 0. The van der Waals surface area contributed by atoms with Crippen LogP contribution in [-0.2, 0) is 0 Å². The lowest BCUT2D eigenvalue weighted by Gasteiger charge is -1.47. The van der Waals surface area contributed by atoms with Crippen LogP contribution in [0.5, 0.6) is 0 Å². The van der Waals surface area contributed by atoms with Crippen LogP contribution >= 0.6 is 0 Å². The summed E-state index contributed by atoms with van der Waals surface area (Å²) < 4.78 is 0. The van der Waals surface area contributed by atoms with Gasteiger partial charge in [-0.25, -0.2) is 0 Å². The van der Waals surface area contributed by atoms with E-state index in [4.69, 9.17) is 5.26 Å². The maximum Gasteiger partial charge on any atom is 0.0618 e. The molecule has 0 aromatic rings. The highest BCUT2D eigenvalue weighted by atomic mass is 14.2. The minimum Gasteiger partial charge on any atom is -0.198 e. The summed E-state index contributed by atoms with van der Waals surface area (Å²) in [5.41, 5.74) is 0. The van der Waals surface area contributed by atoms with E-state index in [1.165, 1.54) is 0 Å². The van der Waals surface area contributed by atoms with Crippen LogP contribution in [0.15, 0.2) is 25.3 Å². The highest BCUT2D eigenvalue weighted by Crippen LogP contribution is 1.58. The van der Waals surface area contributed by atoms with E-state index in [0.29, 0.717) is 6.42 Å². The van der Waals surface area contributed by atoms with Gasteiger partial charge in [0, 0.05) is 6.42 Å². The van der Waals surface area contributed by atoms with Gasteiger partial charge in [0.1, 0.15) is 0 Å². The first-order valence-electron chi connectivity index (χ1n) is 2.43. The topological polar surface area (TPSA) is 23.8 Å². The van der Waals surface area contributed by atoms with Crippen LogP contribution in [0, 0.1) is 11.3 Å². The molecule has 0 aromatic carbocycles. The van der Waals surface area contributed by atoms with E-state index in [1.807, 2.05) is 13.0 Å². The number of nitrogens with zero attached hydrogens (tertiary/aromatic N) is 1. The van der Waals surface area contributed by atoms with Crippen LogP contribution < -0.4 is 0 Å². The van der Waals surface area contributed by atoms with Crippen LogP contribution in [0.3, 0.4) is 0 Å². The van der Waals surface area contributed by atoms with E-state index >= 15 is 0 Å². The molecule has 0 amide bonds. The molecule has 0 saturated heterocycles. The molecule has 0 spiro atoms. The summed E-state index contributed by atoms with van der Waals surface area (Å²) >= 11 is 0. The number of nitriles is 1. The molecule has 0 aromatic heterocycles. The largest absolute Gasteiger partial charge is 0.198 e. The van der Waals surface area contributed by atoms with E-state index in [9.17, 15) is 0 Å². The molecule has 44 valence electrons. The van der Waals surface area contributed by atoms with Crippen LogP contribution in [0.25, 0.3) is 0 Å². The Morgan fingerprint density at radius 3 is 1.75 bits per heavy atom. The highest BCUT2D eigenvalue weighted by molar-refractivity contribution is 4.88. The van der Waals surface area contributed by atoms with Gasteiger partial charge in [0.25, 0.3) is 0 Å². The number of hydrogen-bond acceptors (Lipinski definition) is 1. The summed E-state index contributed by atoms with van der Waals surface area (Å²) in [5, 5.41) is 7.62. The van der Waals surface area contributed by atoms with Crippen molar-refractivity contribution in [3.05, 3.63) is 25.3 Å². The summed E-state index contributed by atoms with van der Waals surface area (Å²) in [7, 11) is 0. The molecule has 0 unspecified atom stereocenters. The van der Waals surface area contributed by atoms with Gasteiger partial charge in [0.05, 0.1) is 6.07 Å². The molecule has 0 N–H and O–H groups in total. The zero-order valence-electron chi connectivity index (χ0n) is 5.22. The normalized spacial score (nSPS) is 5.00. The van der Waals surface area contributed by atoms with E-state index in [1.54, 1.807) is 12.2 Å². The van der Waals surface area contributed by atoms with E-state index in [-0.39, 0.29) is 0 Å². The van der Waals surface area contributed by atoms with Gasteiger partial charge < -0.3 is 0 Å². The average Bonchev–Trinajstić information content (AvgIpc) is 1.88.